The van der Waals surface area contributed by atoms with Gasteiger partial charge in [0.05, 0.1) is 5.60 Å². The molecule has 6 nitrogen and oxygen atoms in total. The van der Waals surface area contributed by atoms with Crippen LogP contribution in [0, 0.1) is 11.8 Å². The number of ether oxygens (including phenoxy) is 3. The summed E-state index contributed by atoms with van der Waals surface area (Å²) in [6, 6.07) is 0.115. The van der Waals surface area contributed by atoms with Crippen molar-refractivity contribution in [2.24, 2.45) is 11.8 Å². The van der Waals surface area contributed by atoms with Crippen molar-refractivity contribution in [2.45, 2.75) is 44.1 Å². The van der Waals surface area contributed by atoms with Crippen molar-refractivity contribution in [3.05, 3.63) is 0 Å². The first kappa shape index (κ1) is 18.9. The van der Waals surface area contributed by atoms with Crippen LogP contribution in [0.15, 0.2) is 0 Å². The summed E-state index contributed by atoms with van der Waals surface area (Å²) in [7, 11) is 3.63. The minimum atomic E-state index is -0.0227. The SMILES string of the molecule is CN(C)C(=O)N1CCC2(CC1)OCC[C@@H]2CCOCC1CCOCC1. The highest BCUT2D eigenvalue weighted by Gasteiger charge is 2.46. The van der Waals surface area contributed by atoms with E-state index in [9.17, 15) is 4.79 Å². The Morgan fingerprint density at radius 2 is 1.88 bits per heavy atom. The van der Waals surface area contributed by atoms with Crippen LogP contribution in [-0.4, -0.2) is 81.7 Å². The number of hydrogen-bond acceptors (Lipinski definition) is 4. The lowest BCUT2D eigenvalue weighted by Crippen LogP contribution is -2.51. The highest BCUT2D eigenvalue weighted by atomic mass is 16.5. The fraction of sp³-hybridized carbons (Fsp3) is 0.947. The molecule has 3 heterocycles. The quantitative estimate of drug-likeness (QED) is 0.711. The fourth-order valence-electron chi connectivity index (χ4n) is 4.49. The van der Waals surface area contributed by atoms with Crippen LogP contribution in [0.4, 0.5) is 4.79 Å². The summed E-state index contributed by atoms with van der Waals surface area (Å²) in [5.41, 5.74) is -0.0227. The summed E-state index contributed by atoms with van der Waals surface area (Å²) in [6.45, 7) is 5.92. The Bertz CT molecular complexity index is 429. The highest BCUT2D eigenvalue weighted by Crippen LogP contribution is 2.42. The predicted molar refractivity (Wildman–Crippen MR) is 95.7 cm³/mol. The minimum Gasteiger partial charge on any atom is -0.381 e. The lowest BCUT2D eigenvalue weighted by atomic mass is 9.78. The molecule has 0 bridgehead atoms. The number of carbonyl (C=O) groups excluding carboxylic acids is 1. The molecule has 0 radical (unpaired) electrons. The van der Waals surface area contributed by atoms with Crippen molar-refractivity contribution in [3.63, 3.8) is 0 Å². The first-order valence-electron chi connectivity index (χ1n) is 9.86. The molecule has 0 aliphatic carbocycles. The van der Waals surface area contributed by atoms with E-state index in [1.807, 2.05) is 19.0 Å². The van der Waals surface area contributed by atoms with E-state index in [1.165, 1.54) is 0 Å². The summed E-state index contributed by atoms with van der Waals surface area (Å²) in [6.07, 6.45) is 6.37. The maximum Gasteiger partial charge on any atom is 0.319 e. The highest BCUT2D eigenvalue weighted by molar-refractivity contribution is 5.73. The lowest BCUT2D eigenvalue weighted by molar-refractivity contribution is -0.0679. The van der Waals surface area contributed by atoms with E-state index in [0.29, 0.717) is 11.8 Å². The number of rotatable bonds is 5. The molecule has 3 rings (SSSR count). The van der Waals surface area contributed by atoms with Gasteiger partial charge in [0.2, 0.25) is 0 Å². The summed E-state index contributed by atoms with van der Waals surface area (Å²) in [5.74, 6) is 1.24. The molecule has 6 heteroatoms. The zero-order chi connectivity index (χ0) is 17.7. The van der Waals surface area contributed by atoms with Gasteiger partial charge in [0.25, 0.3) is 0 Å². The van der Waals surface area contributed by atoms with Crippen molar-refractivity contribution in [3.8, 4) is 0 Å². The van der Waals surface area contributed by atoms with Gasteiger partial charge >= 0.3 is 6.03 Å². The number of amides is 2. The van der Waals surface area contributed by atoms with Crippen LogP contribution in [0.3, 0.4) is 0 Å². The van der Waals surface area contributed by atoms with Crippen molar-refractivity contribution in [1.82, 2.24) is 9.80 Å². The second-order valence-electron chi connectivity index (χ2n) is 7.98. The summed E-state index contributed by atoms with van der Waals surface area (Å²) in [5, 5.41) is 0. The number of carbonyl (C=O) groups is 1. The van der Waals surface area contributed by atoms with Gasteiger partial charge in [0.1, 0.15) is 0 Å². The molecule has 1 atom stereocenters. The number of piperidine rings is 1. The molecule has 0 aromatic rings. The average Bonchev–Trinajstić information content (AvgIpc) is 3.01. The number of likely N-dealkylation sites (tertiary alicyclic amines) is 1. The van der Waals surface area contributed by atoms with Crippen LogP contribution in [0.2, 0.25) is 0 Å². The number of hydrogen-bond donors (Lipinski definition) is 0. The molecular weight excluding hydrogens is 320 g/mol. The van der Waals surface area contributed by atoms with Gasteiger partial charge in [-0.2, -0.15) is 0 Å². The standard InChI is InChI=1S/C19H34N2O4/c1-20(2)18(22)21-9-7-19(8-10-21)17(6-14-25-19)5-13-24-15-16-3-11-23-12-4-16/h16-17H,3-15H2,1-2H3/t17-/m0/s1. The molecule has 0 N–H and O–H groups in total. The van der Waals surface area contributed by atoms with Gasteiger partial charge in [-0.05, 0) is 50.4 Å². The van der Waals surface area contributed by atoms with Gasteiger partial charge in [-0.25, -0.2) is 4.79 Å². The van der Waals surface area contributed by atoms with E-state index in [0.717, 1.165) is 84.6 Å². The Hall–Kier alpha value is -0.850. The van der Waals surface area contributed by atoms with Crippen LogP contribution in [-0.2, 0) is 14.2 Å². The van der Waals surface area contributed by atoms with E-state index in [4.69, 9.17) is 14.2 Å². The van der Waals surface area contributed by atoms with E-state index in [1.54, 1.807) is 4.90 Å². The van der Waals surface area contributed by atoms with Gasteiger partial charge in [0.15, 0.2) is 0 Å². The summed E-state index contributed by atoms with van der Waals surface area (Å²) in [4.78, 5) is 15.7. The zero-order valence-electron chi connectivity index (χ0n) is 15.9. The molecule has 3 saturated heterocycles. The number of nitrogens with zero attached hydrogens (tertiary/aromatic N) is 2. The third kappa shape index (κ3) is 4.66. The molecular formula is C19H34N2O4. The summed E-state index contributed by atoms with van der Waals surface area (Å²) < 4.78 is 17.6. The summed E-state index contributed by atoms with van der Waals surface area (Å²) >= 11 is 0. The Kier molecular flexibility index (Phi) is 6.58. The van der Waals surface area contributed by atoms with Crippen molar-refractivity contribution < 1.29 is 19.0 Å². The van der Waals surface area contributed by atoms with Gasteiger partial charge in [-0.3, -0.25) is 0 Å². The van der Waals surface area contributed by atoms with E-state index in [-0.39, 0.29) is 11.6 Å². The molecule has 0 aromatic heterocycles. The van der Waals surface area contributed by atoms with Crippen molar-refractivity contribution in [2.75, 3.05) is 60.2 Å². The van der Waals surface area contributed by atoms with Crippen LogP contribution in [0.5, 0.6) is 0 Å². The average molecular weight is 354 g/mol. The molecule has 0 saturated carbocycles. The Morgan fingerprint density at radius 3 is 2.56 bits per heavy atom. The normalized spacial score (nSPS) is 27.0. The largest absolute Gasteiger partial charge is 0.381 e. The Balaban J connectivity index is 1.41. The van der Waals surface area contributed by atoms with Crippen molar-refractivity contribution >= 4 is 6.03 Å². The van der Waals surface area contributed by atoms with Gasteiger partial charge in [-0.1, -0.05) is 0 Å². The molecule has 0 unspecified atom stereocenters. The second-order valence-corrected chi connectivity index (χ2v) is 7.98. The maximum atomic E-state index is 12.1. The monoisotopic (exact) mass is 354 g/mol. The van der Waals surface area contributed by atoms with Crippen molar-refractivity contribution in [1.29, 1.82) is 0 Å². The smallest absolute Gasteiger partial charge is 0.319 e. The molecule has 0 aromatic carbocycles. The number of urea groups is 1. The second kappa shape index (κ2) is 8.69. The molecule has 3 aliphatic rings. The first-order valence-corrected chi connectivity index (χ1v) is 9.86. The first-order chi connectivity index (χ1) is 12.1. The third-order valence-electron chi connectivity index (χ3n) is 6.17. The lowest BCUT2D eigenvalue weighted by Gasteiger charge is -2.42. The van der Waals surface area contributed by atoms with E-state index < -0.39 is 0 Å². The molecule has 2 amide bonds. The minimum absolute atomic E-state index is 0.0227. The van der Waals surface area contributed by atoms with Crippen LogP contribution < -0.4 is 0 Å². The van der Waals surface area contributed by atoms with Crippen LogP contribution in [0.25, 0.3) is 0 Å². The predicted octanol–water partition coefficient (Wildman–Crippen LogP) is 2.37. The van der Waals surface area contributed by atoms with Gasteiger partial charge < -0.3 is 24.0 Å². The maximum absolute atomic E-state index is 12.1. The Labute approximate surface area is 151 Å². The molecule has 25 heavy (non-hydrogen) atoms. The zero-order valence-corrected chi connectivity index (χ0v) is 15.9. The van der Waals surface area contributed by atoms with Crippen LogP contribution in [0.1, 0.15) is 38.5 Å². The third-order valence-corrected chi connectivity index (χ3v) is 6.17. The molecule has 3 aliphatic heterocycles. The molecule has 1 spiro atoms. The molecule has 3 fully saturated rings. The molecule has 144 valence electrons. The van der Waals surface area contributed by atoms with E-state index >= 15 is 0 Å². The Morgan fingerprint density at radius 1 is 1.16 bits per heavy atom. The van der Waals surface area contributed by atoms with Gasteiger partial charge in [0, 0.05) is 60.2 Å². The fourth-order valence-corrected chi connectivity index (χ4v) is 4.49. The topological polar surface area (TPSA) is 51.2 Å². The van der Waals surface area contributed by atoms with Crippen LogP contribution >= 0.6 is 0 Å². The van der Waals surface area contributed by atoms with E-state index in [2.05, 4.69) is 0 Å². The van der Waals surface area contributed by atoms with Gasteiger partial charge in [-0.15, -0.1) is 0 Å².